The molecule has 0 aromatic heterocycles. The highest BCUT2D eigenvalue weighted by Gasteiger charge is 2.58. The van der Waals surface area contributed by atoms with Gasteiger partial charge in [-0.05, 0) is 12.3 Å². The van der Waals surface area contributed by atoms with Crippen LogP contribution < -0.4 is 5.73 Å². The molecule has 0 bridgehead atoms. The van der Waals surface area contributed by atoms with Crippen LogP contribution in [0.1, 0.15) is 6.42 Å². The second-order valence-electron chi connectivity index (χ2n) is 3.49. The number of hydrogen-bond donors (Lipinski definition) is 3. The Bertz CT molecular complexity index is 276. The molecule has 4 atom stereocenters. The Morgan fingerprint density at radius 3 is 2.43 bits per heavy atom. The van der Waals surface area contributed by atoms with Crippen molar-refractivity contribution in [2.75, 3.05) is 0 Å². The summed E-state index contributed by atoms with van der Waals surface area (Å²) in [6, 6.07) is -1.08. The molecule has 5 heteroatoms. The lowest BCUT2D eigenvalue weighted by Gasteiger charge is -2.03. The first-order valence-electron chi connectivity index (χ1n) is 4.32. The minimum atomic E-state index is -1.15. The van der Waals surface area contributed by atoms with Crippen molar-refractivity contribution in [3.8, 4) is 0 Å². The smallest absolute Gasteiger partial charge is 0.320 e. The fraction of sp³-hybridized carbons (Fsp3) is 0.556. The first-order valence-corrected chi connectivity index (χ1v) is 4.32. The fourth-order valence-corrected chi connectivity index (χ4v) is 1.90. The maximum Gasteiger partial charge on any atom is 0.320 e. The number of carboxylic acids is 2. The molecular formula is C9H13NO4. The largest absolute Gasteiger partial charge is 0.481 e. The van der Waals surface area contributed by atoms with Crippen LogP contribution in [-0.2, 0) is 9.59 Å². The predicted molar refractivity (Wildman–Crippen MR) is 48.5 cm³/mol. The van der Waals surface area contributed by atoms with Gasteiger partial charge < -0.3 is 15.9 Å². The van der Waals surface area contributed by atoms with Gasteiger partial charge in [0.1, 0.15) is 6.04 Å². The zero-order valence-electron chi connectivity index (χ0n) is 7.59. The van der Waals surface area contributed by atoms with Crippen molar-refractivity contribution in [2.45, 2.75) is 12.5 Å². The first-order chi connectivity index (χ1) is 6.50. The fourth-order valence-electron chi connectivity index (χ4n) is 1.90. The van der Waals surface area contributed by atoms with Gasteiger partial charge >= 0.3 is 11.9 Å². The highest BCUT2D eigenvalue weighted by Crippen LogP contribution is 2.50. The Labute approximate surface area is 81.2 Å². The molecule has 4 N–H and O–H groups in total. The summed E-state index contributed by atoms with van der Waals surface area (Å²) >= 11 is 0. The van der Waals surface area contributed by atoms with E-state index >= 15 is 0 Å². The molecule has 5 nitrogen and oxygen atoms in total. The van der Waals surface area contributed by atoms with Gasteiger partial charge in [-0.15, -0.1) is 6.58 Å². The van der Waals surface area contributed by atoms with Crippen LogP contribution in [0.3, 0.4) is 0 Å². The van der Waals surface area contributed by atoms with E-state index in [0.29, 0.717) is 6.42 Å². The predicted octanol–water partition coefficient (Wildman–Crippen LogP) is -0.0788. The van der Waals surface area contributed by atoms with Gasteiger partial charge in [0.2, 0.25) is 0 Å². The van der Waals surface area contributed by atoms with Gasteiger partial charge in [0.05, 0.1) is 5.92 Å². The molecule has 0 saturated heterocycles. The molecule has 0 unspecified atom stereocenters. The minimum absolute atomic E-state index is 0.170. The molecule has 0 spiro atoms. The maximum atomic E-state index is 10.7. The third-order valence-corrected chi connectivity index (χ3v) is 2.65. The van der Waals surface area contributed by atoms with Crippen molar-refractivity contribution in [2.24, 2.45) is 23.5 Å². The molecule has 1 aliphatic carbocycles. The van der Waals surface area contributed by atoms with Gasteiger partial charge in [-0.3, -0.25) is 9.59 Å². The second-order valence-corrected chi connectivity index (χ2v) is 3.49. The third kappa shape index (κ3) is 1.77. The maximum absolute atomic E-state index is 10.7. The first kappa shape index (κ1) is 10.7. The Hall–Kier alpha value is -1.36. The summed E-state index contributed by atoms with van der Waals surface area (Å²) in [6.45, 7) is 3.49. The molecule has 0 aliphatic heterocycles. The van der Waals surface area contributed by atoms with Crippen molar-refractivity contribution in [1.82, 2.24) is 0 Å². The van der Waals surface area contributed by atoms with E-state index in [2.05, 4.69) is 6.58 Å². The molecule has 0 radical (unpaired) electrons. The van der Waals surface area contributed by atoms with Crippen LogP contribution in [-0.4, -0.2) is 28.2 Å². The zero-order valence-corrected chi connectivity index (χ0v) is 7.59. The molecule has 0 aromatic rings. The lowest BCUT2D eigenvalue weighted by molar-refractivity contribution is -0.140. The summed E-state index contributed by atoms with van der Waals surface area (Å²) < 4.78 is 0. The Morgan fingerprint density at radius 2 is 2.07 bits per heavy atom. The number of aliphatic carboxylic acids is 2. The standard InChI is InChI=1S/C9H13NO4/c1-2-3-4-5(6(4)8(11)12)7(10)9(13)14/h2,4-7H,1,3,10H2,(H,11,12)(H,13,14)/t4-,5-,6-,7-/m0/s1. The van der Waals surface area contributed by atoms with Gasteiger partial charge in [-0.25, -0.2) is 0 Å². The van der Waals surface area contributed by atoms with Crippen molar-refractivity contribution in [1.29, 1.82) is 0 Å². The van der Waals surface area contributed by atoms with Crippen LogP contribution in [0.4, 0.5) is 0 Å². The minimum Gasteiger partial charge on any atom is -0.481 e. The van der Waals surface area contributed by atoms with Crippen molar-refractivity contribution in [3.05, 3.63) is 12.7 Å². The van der Waals surface area contributed by atoms with Crippen molar-refractivity contribution < 1.29 is 19.8 Å². The van der Waals surface area contributed by atoms with Crippen LogP contribution in [0.5, 0.6) is 0 Å². The number of allylic oxidation sites excluding steroid dienone is 1. The quantitative estimate of drug-likeness (QED) is 0.538. The number of rotatable bonds is 5. The number of hydrogen-bond acceptors (Lipinski definition) is 3. The van der Waals surface area contributed by atoms with E-state index in [9.17, 15) is 9.59 Å². The Morgan fingerprint density at radius 1 is 1.50 bits per heavy atom. The average molecular weight is 199 g/mol. The lowest BCUT2D eigenvalue weighted by Crippen LogP contribution is -2.34. The van der Waals surface area contributed by atoms with Crippen LogP contribution in [0.15, 0.2) is 12.7 Å². The summed E-state index contributed by atoms with van der Waals surface area (Å²) in [7, 11) is 0. The molecule has 1 aliphatic rings. The van der Waals surface area contributed by atoms with E-state index in [1.165, 1.54) is 0 Å². The highest BCUT2D eigenvalue weighted by atomic mass is 16.4. The van der Waals surface area contributed by atoms with E-state index in [4.69, 9.17) is 15.9 Å². The number of nitrogens with two attached hydrogens (primary N) is 1. The van der Waals surface area contributed by atoms with Crippen molar-refractivity contribution >= 4 is 11.9 Å². The number of carboxylic acid groups (broad SMARTS) is 2. The molecule has 0 amide bonds. The molecular weight excluding hydrogens is 186 g/mol. The molecule has 1 fully saturated rings. The third-order valence-electron chi connectivity index (χ3n) is 2.65. The van der Waals surface area contributed by atoms with E-state index in [-0.39, 0.29) is 5.92 Å². The monoisotopic (exact) mass is 199 g/mol. The molecule has 78 valence electrons. The second kappa shape index (κ2) is 3.79. The summed E-state index contributed by atoms with van der Waals surface area (Å²) in [6.07, 6.45) is 2.10. The van der Waals surface area contributed by atoms with Crippen LogP contribution in [0, 0.1) is 17.8 Å². The SMILES string of the molecule is C=CC[C@@H]1[C@H](C(=O)O)[C@H]1[C@H](N)C(=O)O. The van der Waals surface area contributed by atoms with Gasteiger partial charge in [0, 0.05) is 5.92 Å². The molecule has 1 saturated carbocycles. The Balaban J connectivity index is 2.66. The molecule has 0 heterocycles. The van der Waals surface area contributed by atoms with Gasteiger partial charge in [-0.1, -0.05) is 6.08 Å². The summed E-state index contributed by atoms with van der Waals surface area (Å²) in [5.74, 6) is -3.37. The normalized spacial score (nSPS) is 31.9. The summed E-state index contributed by atoms with van der Waals surface area (Å²) in [5.41, 5.74) is 5.37. The van der Waals surface area contributed by atoms with E-state index in [0.717, 1.165) is 0 Å². The van der Waals surface area contributed by atoms with E-state index < -0.39 is 29.8 Å². The van der Waals surface area contributed by atoms with Gasteiger partial charge in [0.25, 0.3) is 0 Å². The van der Waals surface area contributed by atoms with Gasteiger partial charge in [0.15, 0.2) is 0 Å². The summed E-state index contributed by atoms with van der Waals surface area (Å²) in [5, 5.41) is 17.4. The molecule has 0 aromatic carbocycles. The van der Waals surface area contributed by atoms with Crippen molar-refractivity contribution in [3.63, 3.8) is 0 Å². The van der Waals surface area contributed by atoms with Crippen LogP contribution in [0.2, 0.25) is 0 Å². The Kier molecular flexibility index (Phi) is 2.90. The average Bonchev–Trinajstić information content (AvgIpc) is 2.78. The van der Waals surface area contributed by atoms with Crippen LogP contribution >= 0.6 is 0 Å². The van der Waals surface area contributed by atoms with Gasteiger partial charge in [-0.2, -0.15) is 0 Å². The lowest BCUT2D eigenvalue weighted by atomic mass is 10.1. The van der Waals surface area contributed by atoms with Crippen LogP contribution in [0.25, 0.3) is 0 Å². The molecule has 14 heavy (non-hydrogen) atoms. The summed E-state index contributed by atoms with van der Waals surface area (Å²) in [4.78, 5) is 21.3. The molecule has 1 rings (SSSR count). The van der Waals surface area contributed by atoms with E-state index in [1.54, 1.807) is 6.08 Å². The highest BCUT2D eigenvalue weighted by molar-refractivity contribution is 5.80. The van der Waals surface area contributed by atoms with E-state index in [1.807, 2.05) is 0 Å². The topological polar surface area (TPSA) is 101 Å². The zero-order chi connectivity index (χ0) is 10.9. The number of carbonyl (C=O) groups is 2.